The molecule has 7 heteroatoms. The van der Waals surface area contributed by atoms with Crippen molar-refractivity contribution in [2.24, 2.45) is 0 Å². The molecule has 0 unspecified atom stereocenters. The monoisotopic (exact) mass is 697 g/mol. The van der Waals surface area contributed by atoms with Crippen molar-refractivity contribution in [2.75, 3.05) is 0 Å². The van der Waals surface area contributed by atoms with E-state index in [0.717, 1.165) is 81.0 Å². The van der Waals surface area contributed by atoms with Crippen molar-refractivity contribution in [1.29, 1.82) is 0 Å². The molecule has 6 nitrogen and oxygen atoms in total. The molecule has 0 N–H and O–H groups in total. The summed E-state index contributed by atoms with van der Waals surface area (Å²) in [4.78, 5) is 20.7. The minimum Gasteiger partial charge on any atom is -0.436 e. The van der Waals surface area contributed by atoms with E-state index in [2.05, 4.69) is 120 Å². The standard InChI is InChI=1S/C46H27N5OS/c1-3-14-28(15-4-1)43-48-44(31-19-11-24-36-40(31)30-18-7-9-23-35(30)51(36)29-16-5-2-6-17-29)50-45(49-43)32-20-12-26-38-41(32)42-33(21-13-27-39(42)53-38)46-47-34-22-8-10-25-37(34)52-46/h1-27H. The Labute approximate surface area is 307 Å². The third kappa shape index (κ3) is 4.71. The van der Waals surface area contributed by atoms with Crippen molar-refractivity contribution in [1.82, 2.24) is 24.5 Å². The molecule has 248 valence electrons. The third-order valence-corrected chi connectivity index (χ3v) is 11.0. The van der Waals surface area contributed by atoms with Crippen molar-refractivity contribution in [3.8, 4) is 51.3 Å². The zero-order chi connectivity index (χ0) is 34.9. The summed E-state index contributed by atoms with van der Waals surface area (Å²) in [7, 11) is 0. The Morgan fingerprint density at radius 3 is 1.79 bits per heavy atom. The first-order chi connectivity index (χ1) is 26.3. The zero-order valence-corrected chi connectivity index (χ0v) is 29.0. The van der Waals surface area contributed by atoms with Gasteiger partial charge in [0.15, 0.2) is 23.1 Å². The quantitative estimate of drug-likeness (QED) is 0.179. The largest absolute Gasteiger partial charge is 0.436 e. The van der Waals surface area contributed by atoms with Crippen LogP contribution in [0, 0.1) is 0 Å². The number of hydrogen-bond donors (Lipinski definition) is 0. The molecule has 4 aromatic heterocycles. The van der Waals surface area contributed by atoms with Gasteiger partial charge in [0.1, 0.15) is 5.52 Å². The topological polar surface area (TPSA) is 69.6 Å². The molecule has 7 aromatic carbocycles. The molecule has 53 heavy (non-hydrogen) atoms. The van der Waals surface area contributed by atoms with Gasteiger partial charge in [0.2, 0.25) is 5.89 Å². The maximum atomic E-state index is 6.34. The van der Waals surface area contributed by atoms with Gasteiger partial charge < -0.3 is 8.98 Å². The van der Waals surface area contributed by atoms with Crippen LogP contribution in [0.1, 0.15) is 0 Å². The molecule has 0 saturated carbocycles. The van der Waals surface area contributed by atoms with Gasteiger partial charge in [0.05, 0.1) is 11.0 Å². The first-order valence-electron chi connectivity index (χ1n) is 17.5. The fourth-order valence-electron chi connectivity index (χ4n) is 7.61. The minimum atomic E-state index is 0.592. The second kappa shape index (κ2) is 11.8. The third-order valence-electron chi connectivity index (χ3n) is 9.91. The summed E-state index contributed by atoms with van der Waals surface area (Å²) in [5.41, 5.74) is 8.64. The lowest BCUT2D eigenvalue weighted by molar-refractivity contribution is 0.620. The molecule has 0 amide bonds. The molecule has 0 bridgehead atoms. The maximum absolute atomic E-state index is 6.34. The van der Waals surface area contributed by atoms with Gasteiger partial charge in [-0.3, -0.25) is 0 Å². The van der Waals surface area contributed by atoms with E-state index in [9.17, 15) is 0 Å². The SMILES string of the molecule is c1ccc(-c2nc(-c3cccc4sc5cccc(-c6nc7ccccc7o6)c5c34)nc(-c3cccc4c3c3ccccc3n4-c3ccccc3)n2)cc1. The number of rotatable bonds is 5. The smallest absolute Gasteiger partial charge is 0.227 e. The van der Waals surface area contributed by atoms with Gasteiger partial charge in [-0.15, -0.1) is 11.3 Å². The van der Waals surface area contributed by atoms with Crippen molar-refractivity contribution >= 4 is 64.4 Å². The average Bonchev–Trinajstić information content (AvgIpc) is 3.93. The Balaban J connectivity index is 1.20. The second-order valence-corrected chi connectivity index (χ2v) is 14.1. The van der Waals surface area contributed by atoms with Gasteiger partial charge in [-0.05, 0) is 54.6 Å². The molecule has 0 aliphatic rings. The molecule has 0 spiro atoms. The zero-order valence-electron chi connectivity index (χ0n) is 28.1. The van der Waals surface area contributed by atoms with E-state index in [4.69, 9.17) is 24.4 Å². The summed E-state index contributed by atoms with van der Waals surface area (Å²) in [6, 6.07) is 56.2. The summed E-state index contributed by atoms with van der Waals surface area (Å²) in [6.07, 6.45) is 0. The van der Waals surface area contributed by atoms with Crippen LogP contribution in [0.25, 0.3) is 104 Å². The van der Waals surface area contributed by atoms with Crippen molar-refractivity contribution in [3.63, 3.8) is 0 Å². The average molecular weight is 698 g/mol. The molecule has 0 fully saturated rings. The summed E-state index contributed by atoms with van der Waals surface area (Å²) >= 11 is 1.75. The number of benzene rings is 7. The van der Waals surface area contributed by atoms with Gasteiger partial charge in [-0.25, -0.2) is 19.9 Å². The molecular formula is C46H27N5OS. The Morgan fingerprint density at radius 2 is 1.02 bits per heavy atom. The predicted molar refractivity (Wildman–Crippen MR) is 216 cm³/mol. The highest BCUT2D eigenvalue weighted by molar-refractivity contribution is 7.26. The summed E-state index contributed by atoms with van der Waals surface area (Å²) < 4.78 is 10.9. The Bertz CT molecular complexity index is 3150. The van der Waals surface area contributed by atoms with Crippen LogP contribution in [0.15, 0.2) is 168 Å². The molecule has 0 aliphatic heterocycles. The lowest BCUT2D eigenvalue weighted by Crippen LogP contribution is -2.01. The molecule has 0 aliphatic carbocycles. The Morgan fingerprint density at radius 1 is 0.434 bits per heavy atom. The number of thiophene rings is 1. The van der Waals surface area contributed by atoms with Crippen LogP contribution in [0.2, 0.25) is 0 Å². The highest BCUT2D eigenvalue weighted by Crippen LogP contribution is 2.45. The number of oxazole rings is 1. The highest BCUT2D eigenvalue weighted by Gasteiger charge is 2.22. The Hall–Kier alpha value is -6.96. The number of para-hydroxylation sites is 4. The molecule has 11 rings (SSSR count). The fraction of sp³-hybridized carbons (Fsp3) is 0. The maximum Gasteiger partial charge on any atom is 0.227 e. The van der Waals surface area contributed by atoms with Crippen molar-refractivity contribution in [2.45, 2.75) is 0 Å². The highest BCUT2D eigenvalue weighted by atomic mass is 32.1. The van der Waals surface area contributed by atoms with Crippen LogP contribution >= 0.6 is 11.3 Å². The van der Waals surface area contributed by atoms with E-state index >= 15 is 0 Å². The summed E-state index contributed by atoms with van der Waals surface area (Å²) in [5.74, 6) is 2.43. The van der Waals surface area contributed by atoms with Gasteiger partial charge in [-0.1, -0.05) is 109 Å². The van der Waals surface area contributed by atoms with E-state index in [1.165, 1.54) is 0 Å². The van der Waals surface area contributed by atoms with E-state index in [-0.39, 0.29) is 0 Å². The van der Waals surface area contributed by atoms with Crippen LogP contribution in [0.4, 0.5) is 0 Å². The lowest BCUT2D eigenvalue weighted by atomic mass is 10.0. The van der Waals surface area contributed by atoms with Gasteiger partial charge >= 0.3 is 0 Å². The number of hydrogen-bond acceptors (Lipinski definition) is 6. The predicted octanol–water partition coefficient (Wildman–Crippen LogP) is 12.1. The molecule has 0 atom stereocenters. The van der Waals surface area contributed by atoms with Crippen LogP contribution in [0.3, 0.4) is 0 Å². The van der Waals surface area contributed by atoms with Crippen LogP contribution in [-0.4, -0.2) is 24.5 Å². The van der Waals surface area contributed by atoms with Gasteiger partial charge in [-0.2, -0.15) is 0 Å². The van der Waals surface area contributed by atoms with Gasteiger partial charge in [0.25, 0.3) is 0 Å². The summed E-state index contributed by atoms with van der Waals surface area (Å²) in [5, 5.41) is 4.38. The normalized spacial score (nSPS) is 11.8. The number of aromatic nitrogens is 5. The lowest BCUT2D eigenvalue weighted by Gasteiger charge is -2.11. The fourth-order valence-corrected chi connectivity index (χ4v) is 8.77. The first-order valence-corrected chi connectivity index (χ1v) is 18.3. The first kappa shape index (κ1) is 29.7. The molecule has 4 heterocycles. The van der Waals surface area contributed by atoms with E-state index < -0.39 is 0 Å². The number of nitrogens with zero attached hydrogens (tertiary/aromatic N) is 5. The minimum absolute atomic E-state index is 0.592. The summed E-state index contributed by atoms with van der Waals surface area (Å²) in [6.45, 7) is 0. The molecule has 0 radical (unpaired) electrons. The van der Waals surface area contributed by atoms with Crippen LogP contribution in [0.5, 0.6) is 0 Å². The molecule has 11 aromatic rings. The Kier molecular flexibility index (Phi) is 6.62. The molecular weight excluding hydrogens is 671 g/mol. The van der Waals surface area contributed by atoms with E-state index in [1.807, 2.05) is 48.5 Å². The van der Waals surface area contributed by atoms with Crippen LogP contribution < -0.4 is 0 Å². The second-order valence-electron chi connectivity index (χ2n) is 13.0. The number of fused-ring (bicyclic) bond motifs is 7. The van der Waals surface area contributed by atoms with E-state index in [0.29, 0.717) is 23.4 Å². The molecule has 0 saturated heterocycles. The van der Waals surface area contributed by atoms with E-state index in [1.54, 1.807) is 11.3 Å². The van der Waals surface area contributed by atoms with Gasteiger partial charge in [0, 0.05) is 58.9 Å². The van der Waals surface area contributed by atoms with Crippen LogP contribution in [-0.2, 0) is 0 Å². The van der Waals surface area contributed by atoms with Crippen molar-refractivity contribution < 1.29 is 4.42 Å². The van der Waals surface area contributed by atoms with Crippen molar-refractivity contribution in [3.05, 3.63) is 164 Å².